The number of aryl methyl sites for hydroxylation is 1. The lowest BCUT2D eigenvalue weighted by Gasteiger charge is -1.80. The summed E-state index contributed by atoms with van der Waals surface area (Å²) in [6.07, 6.45) is 4.73. The maximum absolute atomic E-state index is 3.82. The monoisotopic (exact) mass is 164 g/mol. The SMILES string of the molecule is CCc1cc2cnncc2s1. The zero-order valence-corrected chi connectivity index (χ0v) is 7.06. The molecular formula is C8H8N2S. The van der Waals surface area contributed by atoms with Gasteiger partial charge in [-0.3, -0.25) is 0 Å². The van der Waals surface area contributed by atoms with Crippen LogP contribution in [0.5, 0.6) is 0 Å². The molecule has 0 aliphatic heterocycles. The summed E-state index contributed by atoms with van der Waals surface area (Å²) in [7, 11) is 0. The molecule has 0 atom stereocenters. The molecule has 2 aromatic heterocycles. The van der Waals surface area contributed by atoms with Crippen LogP contribution in [0.15, 0.2) is 18.5 Å². The predicted molar refractivity (Wildman–Crippen MR) is 46.8 cm³/mol. The molecule has 0 radical (unpaired) electrons. The van der Waals surface area contributed by atoms with Crippen molar-refractivity contribution in [3.63, 3.8) is 0 Å². The van der Waals surface area contributed by atoms with Gasteiger partial charge in [-0.15, -0.1) is 11.3 Å². The number of thiophene rings is 1. The van der Waals surface area contributed by atoms with Crippen molar-refractivity contribution in [2.45, 2.75) is 13.3 Å². The molecule has 0 aliphatic carbocycles. The van der Waals surface area contributed by atoms with Gasteiger partial charge in [0.05, 0.1) is 17.1 Å². The fourth-order valence-corrected chi connectivity index (χ4v) is 1.97. The molecule has 0 unspecified atom stereocenters. The van der Waals surface area contributed by atoms with Crippen LogP contribution in [-0.2, 0) is 6.42 Å². The van der Waals surface area contributed by atoms with Crippen molar-refractivity contribution < 1.29 is 0 Å². The summed E-state index contributed by atoms with van der Waals surface area (Å²) in [6.45, 7) is 2.16. The Balaban J connectivity index is 2.69. The maximum atomic E-state index is 3.82. The third-order valence-electron chi connectivity index (χ3n) is 1.63. The first-order valence-corrected chi connectivity index (χ1v) is 4.41. The van der Waals surface area contributed by atoms with Gasteiger partial charge in [0.2, 0.25) is 0 Å². The minimum absolute atomic E-state index is 1.10. The summed E-state index contributed by atoms with van der Waals surface area (Å²) in [5, 5.41) is 8.85. The van der Waals surface area contributed by atoms with Gasteiger partial charge in [0.15, 0.2) is 0 Å². The second kappa shape index (κ2) is 2.58. The Morgan fingerprint density at radius 3 is 2.91 bits per heavy atom. The van der Waals surface area contributed by atoms with E-state index >= 15 is 0 Å². The number of nitrogens with zero attached hydrogens (tertiary/aromatic N) is 2. The minimum Gasteiger partial charge on any atom is -0.158 e. The molecule has 56 valence electrons. The van der Waals surface area contributed by atoms with Gasteiger partial charge in [0.25, 0.3) is 0 Å². The lowest BCUT2D eigenvalue weighted by Crippen LogP contribution is -1.73. The number of hydrogen-bond acceptors (Lipinski definition) is 3. The lowest BCUT2D eigenvalue weighted by molar-refractivity contribution is 1.05. The molecule has 0 aliphatic rings. The third-order valence-corrected chi connectivity index (χ3v) is 2.86. The van der Waals surface area contributed by atoms with Crippen LogP contribution in [0.25, 0.3) is 10.1 Å². The molecule has 2 aromatic rings. The van der Waals surface area contributed by atoms with Gasteiger partial charge >= 0.3 is 0 Å². The van der Waals surface area contributed by atoms with Crippen molar-refractivity contribution in [2.75, 3.05) is 0 Å². The Bertz CT molecular complexity index is 334. The molecular weight excluding hydrogens is 156 g/mol. The van der Waals surface area contributed by atoms with E-state index in [1.807, 2.05) is 12.4 Å². The summed E-state index contributed by atoms with van der Waals surface area (Å²) in [5.74, 6) is 0. The Morgan fingerprint density at radius 1 is 1.36 bits per heavy atom. The van der Waals surface area contributed by atoms with Gasteiger partial charge < -0.3 is 0 Å². The van der Waals surface area contributed by atoms with Crippen molar-refractivity contribution in [1.82, 2.24) is 10.2 Å². The molecule has 0 bridgehead atoms. The van der Waals surface area contributed by atoms with Gasteiger partial charge in [0.1, 0.15) is 0 Å². The first-order valence-electron chi connectivity index (χ1n) is 3.59. The van der Waals surface area contributed by atoms with Crippen molar-refractivity contribution in [3.8, 4) is 0 Å². The smallest absolute Gasteiger partial charge is 0.0674 e. The van der Waals surface area contributed by atoms with Crippen LogP contribution in [0.2, 0.25) is 0 Å². The van der Waals surface area contributed by atoms with Gasteiger partial charge in [-0.25, -0.2) is 0 Å². The number of rotatable bonds is 1. The molecule has 2 nitrogen and oxygen atoms in total. The fourth-order valence-electron chi connectivity index (χ4n) is 1.03. The standard InChI is InChI=1S/C8H8N2S/c1-2-7-3-6-4-9-10-5-8(6)11-7/h3-5H,2H2,1H3. The summed E-state index contributed by atoms with van der Waals surface area (Å²) in [6, 6.07) is 2.18. The lowest BCUT2D eigenvalue weighted by atomic mass is 10.3. The van der Waals surface area contributed by atoms with E-state index in [-0.39, 0.29) is 0 Å². The van der Waals surface area contributed by atoms with Gasteiger partial charge in [-0.1, -0.05) is 6.92 Å². The van der Waals surface area contributed by atoms with E-state index in [2.05, 4.69) is 23.2 Å². The largest absolute Gasteiger partial charge is 0.158 e. The third kappa shape index (κ3) is 1.12. The molecule has 3 heteroatoms. The van der Waals surface area contributed by atoms with Crippen LogP contribution >= 0.6 is 11.3 Å². The molecule has 0 spiro atoms. The van der Waals surface area contributed by atoms with Crippen LogP contribution in [-0.4, -0.2) is 10.2 Å². The number of hydrogen-bond donors (Lipinski definition) is 0. The second-order valence-corrected chi connectivity index (χ2v) is 3.54. The van der Waals surface area contributed by atoms with Gasteiger partial charge in [-0.05, 0) is 12.5 Å². The van der Waals surface area contributed by atoms with Crippen LogP contribution in [0.1, 0.15) is 11.8 Å². The van der Waals surface area contributed by atoms with E-state index < -0.39 is 0 Å². The maximum Gasteiger partial charge on any atom is 0.0674 e. The van der Waals surface area contributed by atoms with Crippen LogP contribution in [0.4, 0.5) is 0 Å². The zero-order valence-electron chi connectivity index (χ0n) is 6.24. The van der Waals surface area contributed by atoms with Crippen LogP contribution < -0.4 is 0 Å². The minimum atomic E-state index is 1.10. The Morgan fingerprint density at radius 2 is 2.18 bits per heavy atom. The first-order chi connectivity index (χ1) is 5.40. The predicted octanol–water partition coefficient (Wildman–Crippen LogP) is 2.25. The van der Waals surface area contributed by atoms with E-state index in [1.54, 1.807) is 11.3 Å². The van der Waals surface area contributed by atoms with E-state index in [9.17, 15) is 0 Å². The summed E-state index contributed by atoms with van der Waals surface area (Å²) < 4.78 is 1.23. The first kappa shape index (κ1) is 6.73. The number of aromatic nitrogens is 2. The van der Waals surface area contributed by atoms with Crippen molar-refractivity contribution in [3.05, 3.63) is 23.3 Å². The Labute approximate surface area is 68.9 Å². The molecule has 0 fully saturated rings. The highest BCUT2D eigenvalue weighted by atomic mass is 32.1. The molecule has 0 amide bonds. The molecule has 0 saturated heterocycles. The highest BCUT2D eigenvalue weighted by molar-refractivity contribution is 7.19. The molecule has 0 saturated carbocycles. The van der Waals surface area contributed by atoms with Crippen molar-refractivity contribution >= 4 is 21.4 Å². The Kier molecular flexibility index (Phi) is 1.58. The van der Waals surface area contributed by atoms with E-state index in [0.717, 1.165) is 6.42 Å². The average molecular weight is 164 g/mol. The normalized spacial score (nSPS) is 10.6. The van der Waals surface area contributed by atoms with Gasteiger partial charge in [0, 0.05) is 10.3 Å². The van der Waals surface area contributed by atoms with Gasteiger partial charge in [-0.2, -0.15) is 10.2 Å². The topological polar surface area (TPSA) is 25.8 Å². The fraction of sp³-hybridized carbons (Fsp3) is 0.250. The molecule has 2 rings (SSSR count). The van der Waals surface area contributed by atoms with Crippen LogP contribution in [0, 0.1) is 0 Å². The highest BCUT2D eigenvalue weighted by Gasteiger charge is 1.98. The molecule has 0 N–H and O–H groups in total. The van der Waals surface area contributed by atoms with Crippen molar-refractivity contribution in [1.29, 1.82) is 0 Å². The highest BCUT2D eigenvalue weighted by Crippen LogP contribution is 2.23. The van der Waals surface area contributed by atoms with E-state index in [1.165, 1.54) is 15.0 Å². The summed E-state index contributed by atoms with van der Waals surface area (Å²) >= 11 is 1.79. The van der Waals surface area contributed by atoms with Crippen LogP contribution in [0.3, 0.4) is 0 Å². The van der Waals surface area contributed by atoms with Crippen molar-refractivity contribution in [2.24, 2.45) is 0 Å². The van der Waals surface area contributed by atoms with E-state index in [4.69, 9.17) is 0 Å². The Hall–Kier alpha value is -0.960. The van der Waals surface area contributed by atoms with E-state index in [0.29, 0.717) is 0 Å². The zero-order chi connectivity index (χ0) is 7.68. The summed E-state index contributed by atoms with van der Waals surface area (Å²) in [4.78, 5) is 1.40. The summed E-state index contributed by atoms with van der Waals surface area (Å²) in [5.41, 5.74) is 0. The average Bonchev–Trinajstić information content (AvgIpc) is 2.46. The number of fused-ring (bicyclic) bond motifs is 1. The molecule has 2 heterocycles. The molecule has 11 heavy (non-hydrogen) atoms. The second-order valence-electron chi connectivity index (χ2n) is 2.37. The quantitative estimate of drug-likeness (QED) is 0.646. The molecule has 0 aromatic carbocycles.